The number of aliphatic carboxylic acids is 1. The summed E-state index contributed by atoms with van der Waals surface area (Å²) >= 11 is 0. The van der Waals surface area contributed by atoms with Crippen LogP contribution in [0.4, 0.5) is 0 Å². The lowest BCUT2D eigenvalue weighted by atomic mass is 10.1. The molecule has 5 nitrogen and oxygen atoms in total. The maximum Gasteiger partial charge on any atom is 0.326 e. The molecule has 0 heterocycles. The zero-order valence-corrected chi connectivity index (χ0v) is 13.3. The third-order valence-electron chi connectivity index (χ3n) is 3.92. The maximum absolute atomic E-state index is 12.3. The molecule has 1 aliphatic rings. The van der Waals surface area contributed by atoms with E-state index in [0.29, 0.717) is 0 Å². The maximum atomic E-state index is 12.3. The van der Waals surface area contributed by atoms with Crippen molar-refractivity contribution >= 4 is 11.9 Å². The topological polar surface area (TPSA) is 66.8 Å². The molecule has 1 unspecified atom stereocenters. The van der Waals surface area contributed by atoms with Crippen LogP contribution < -0.4 is 4.74 Å². The molecule has 0 bridgehead atoms. The van der Waals surface area contributed by atoms with E-state index in [2.05, 4.69) is 0 Å². The first-order chi connectivity index (χ1) is 10.4. The molecule has 1 amide bonds. The molecule has 0 aromatic heterocycles. The second-order valence-electron chi connectivity index (χ2n) is 5.91. The van der Waals surface area contributed by atoms with Crippen LogP contribution in [0.2, 0.25) is 0 Å². The molecular weight excluding hydrogens is 282 g/mol. The van der Waals surface area contributed by atoms with Gasteiger partial charge in [-0.15, -0.1) is 0 Å². The van der Waals surface area contributed by atoms with Crippen molar-refractivity contribution in [3.05, 3.63) is 29.3 Å². The van der Waals surface area contributed by atoms with Crippen molar-refractivity contribution in [2.75, 3.05) is 6.61 Å². The van der Waals surface area contributed by atoms with Gasteiger partial charge >= 0.3 is 5.97 Å². The number of amides is 1. The fourth-order valence-electron chi connectivity index (χ4n) is 2.45. The highest BCUT2D eigenvalue weighted by Crippen LogP contribution is 2.29. The number of aryl methyl sites for hydroxylation is 2. The number of carbonyl (C=O) groups excluding carboxylic acids is 1. The fourth-order valence-corrected chi connectivity index (χ4v) is 2.45. The summed E-state index contributed by atoms with van der Waals surface area (Å²) in [5, 5.41) is 9.12. The van der Waals surface area contributed by atoms with Crippen LogP contribution in [0.1, 0.15) is 37.3 Å². The number of carbonyl (C=O) groups is 2. The molecule has 0 radical (unpaired) electrons. The Bertz CT molecular complexity index is 566. The van der Waals surface area contributed by atoms with Crippen molar-refractivity contribution in [3.8, 4) is 5.75 Å². The summed E-state index contributed by atoms with van der Waals surface area (Å²) in [5.74, 6) is -0.338. The van der Waals surface area contributed by atoms with E-state index >= 15 is 0 Å². The van der Waals surface area contributed by atoms with Crippen LogP contribution in [-0.2, 0) is 9.59 Å². The molecule has 1 aliphatic carbocycles. The summed E-state index contributed by atoms with van der Waals surface area (Å²) in [6.07, 6.45) is 1.98. The van der Waals surface area contributed by atoms with E-state index in [1.54, 1.807) is 6.92 Å². The number of ether oxygens (including phenoxy) is 1. The first kappa shape index (κ1) is 16.3. The van der Waals surface area contributed by atoms with Gasteiger partial charge in [-0.1, -0.05) is 12.1 Å². The van der Waals surface area contributed by atoms with E-state index in [0.717, 1.165) is 29.7 Å². The van der Waals surface area contributed by atoms with E-state index in [1.807, 2.05) is 32.0 Å². The Balaban J connectivity index is 1.91. The Morgan fingerprint density at radius 2 is 2.05 bits per heavy atom. The quantitative estimate of drug-likeness (QED) is 0.840. The molecule has 5 heteroatoms. The summed E-state index contributed by atoms with van der Waals surface area (Å²) in [6.45, 7) is 5.77. The van der Waals surface area contributed by atoms with Gasteiger partial charge in [0.1, 0.15) is 11.8 Å². The average molecular weight is 305 g/mol. The zero-order valence-electron chi connectivity index (χ0n) is 13.3. The lowest BCUT2D eigenvalue weighted by Crippen LogP contribution is -2.45. The second-order valence-corrected chi connectivity index (χ2v) is 5.91. The Labute approximate surface area is 130 Å². The zero-order chi connectivity index (χ0) is 16.3. The van der Waals surface area contributed by atoms with Gasteiger partial charge in [0, 0.05) is 6.04 Å². The third kappa shape index (κ3) is 4.00. The molecule has 120 valence electrons. The fraction of sp³-hybridized carbons (Fsp3) is 0.529. The summed E-state index contributed by atoms with van der Waals surface area (Å²) in [6, 6.07) is 5.24. The first-order valence-corrected chi connectivity index (χ1v) is 7.64. The number of hydrogen-bond acceptors (Lipinski definition) is 3. The molecule has 1 N–H and O–H groups in total. The lowest BCUT2D eigenvalue weighted by molar-refractivity contribution is -0.150. The Hall–Kier alpha value is -2.04. The standard InChI is InChI=1S/C17H23NO4/c1-11-4-5-12(2)15(10-11)22-9-8-16(19)18(14-6-7-14)13(3)17(20)21/h4-5,10,13-14H,6-9H2,1-3H3,(H,20,21). The van der Waals surface area contributed by atoms with Gasteiger partial charge in [0.15, 0.2) is 0 Å². The predicted octanol–water partition coefficient (Wildman–Crippen LogP) is 2.54. The van der Waals surface area contributed by atoms with E-state index < -0.39 is 12.0 Å². The van der Waals surface area contributed by atoms with Crippen LogP contribution in [0.25, 0.3) is 0 Å². The number of benzene rings is 1. The molecule has 0 spiro atoms. The molecule has 2 rings (SSSR count). The molecular formula is C17H23NO4. The number of nitrogens with zero attached hydrogens (tertiary/aromatic N) is 1. The number of hydrogen-bond donors (Lipinski definition) is 1. The van der Waals surface area contributed by atoms with Crippen LogP contribution in [0.15, 0.2) is 18.2 Å². The average Bonchev–Trinajstić information content (AvgIpc) is 3.27. The van der Waals surface area contributed by atoms with Gasteiger partial charge in [-0.05, 0) is 50.8 Å². The molecule has 1 aromatic carbocycles. The molecule has 1 saturated carbocycles. The summed E-state index contributed by atoms with van der Waals surface area (Å²) < 4.78 is 5.68. The van der Waals surface area contributed by atoms with E-state index in [4.69, 9.17) is 9.84 Å². The largest absolute Gasteiger partial charge is 0.493 e. The summed E-state index contributed by atoms with van der Waals surface area (Å²) in [7, 11) is 0. The van der Waals surface area contributed by atoms with E-state index in [1.165, 1.54) is 4.90 Å². The molecule has 1 atom stereocenters. The van der Waals surface area contributed by atoms with Crippen molar-refractivity contribution in [2.24, 2.45) is 0 Å². The van der Waals surface area contributed by atoms with Gasteiger partial charge in [0.25, 0.3) is 0 Å². The van der Waals surface area contributed by atoms with Gasteiger partial charge in [0.05, 0.1) is 13.0 Å². The monoisotopic (exact) mass is 305 g/mol. The normalized spacial score (nSPS) is 15.2. The van der Waals surface area contributed by atoms with Gasteiger partial charge in [-0.25, -0.2) is 4.79 Å². The molecule has 0 aliphatic heterocycles. The van der Waals surface area contributed by atoms with Crippen LogP contribution in [0, 0.1) is 13.8 Å². The summed E-state index contributed by atoms with van der Waals surface area (Å²) in [4.78, 5) is 24.9. The van der Waals surface area contributed by atoms with Crippen LogP contribution in [0.5, 0.6) is 5.75 Å². The van der Waals surface area contributed by atoms with Gasteiger partial charge in [0.2, 0.25) is 5.91 Å². The Morgan fingerprint density at radius 1 is 1.36 bits per heavy atom. The highest BCUT2D eigenvalue weighted by molar-refractivity contribution is 5.84. The minimum absolute atomic E-state index is 0.0827. The minimum Gasteiger partial charge on any atom is -0.493 e. The van der Waals surface area contributed by atoms with Crippen molar-refractivity contribution in [1.29, 1.82) is 0 Å². The van der Waals surface area contributed by atoms with Crippen molar-refractivity contribution < 1.29 is 19.4 Å². The Kier molecular flexibility index (Phi) is 5.06. The van der Waals surface area contributed by atoms with E-state index in [-0.39, 0.29) is 25.0 Å². The molecule has 1 fully saturated rings. The minimum atomic E-state index is -0.962. The highest BCUT2D eigenvalue weighted by Gasteiger charge is 2.38. The van der Waals surface area contributed by atoms with Gasteiger partial charge < -0.3 is 14.7 Å². The van der Waals surface area contributed by atoms with Gasteiger partial charge in [-0.2, -0.15) is 0 Å². The molecule has 22 heavy (non-hydrogen) atoms. The van der Waals surface area contributed by atoms with Crippen LogP contribution in [-0.4, -0.2) is 40.6 Å². The second kappa shape index (κ2) is 6.81. The van der Waals surface area contributed by atoms with Gasteiger partial charge in [-0.3, -0.25) is 4.79 Å². The summed E-state index contributed by atoms with van der Waals surface area (Å²) in [5.41, 5.74) is 2.13. The molecule has 0 saturated heterocycles. The van der Waals surface area contributed by atoms with Crippen molar-refractivity contribution in [3.63, 3.8) is 0 Å². The predicted molar refractivity (Wildman–Crippen MR) is 83.0 cm³/mol. The van der Waals surface area contributed by atoms with Crippen LogP contribution in [0.3, 0.4) is 0 Å². The smallest absolute Gasteiger partial charge is 0.326 e. The van der Waals surface area contributed by atoms with Crippen molar-refractivity contribution in [1.82, 2.24) is 4.90 Å². The molecule has 1 aromatic rings. The number of carboxylic acid groups (broad SMARTS) is 1. The van der Waals surface area contributed by atoms with Crippen molar-refractivity contribution in [2.45, 2.75) is 52.1 Å². The highest BCUT2D eigenvalue weighted by atomic mass is 16.5. The third-order valence-corrected chi connectivity index (χ3v) is 3.92. The van der Waals surface area contributed by atoms with Crippen LogP contribution >= 0.6 is 0 Å². The van der Waals surface area contributed by atoms with E-state index in [9.17, 15) is 9.59 Å². The SMILES string of the molecule is Cc1ccc(C)c(OCCC(=O)N(C2CC2)C(C)C(=O)O)c1. The Morgan fingerprint density at radius 3 is 2.64 bits per heavy atom. The first-order valence-electron chi connectivity index (χ1n) is 7.64. The number of rotatable bonds is 7. The number of carboxylic acids is 1. The lowest BCUT2D eigenvalue weighted by Gasteiger charge is -2.26.